The Morgan fingerprint density at radius 1 is 1.21 bits per heavy atom. The smallest absolute Gasteiger partial charge is 0.213 e. The molecule has 1 N–H and O–H groups in total. The Morgan fingerprint density at radius 3 is 2.29 bits per heavy atom. The van der Waals surface area contributed by atoms with Crippen molar-refractivity contribution in [2.45, 2.75) is 86.3 Å². The number of pyridine rings is 1. The lowest BCUT2D eigenvalue weighted by molar-refractivity contribution is -0.116. The number of nitrogens with one attached hydrogen (secondary N) is 1. The monoisotopic (exact) mass is 338 g/mol. The average molecular weight is 339 g/mol. The van der Waals surface area contributed by atoms with E-state index in [9.17, 15) is 4.79 Å². The summed E-state index contributed by atoms with van der Waals surface area (Å²) in [4.78, 5) is 15.2. The largest absolute Gasteiger partial charge is 0.474 e. The summed E-state index contributed by atoms with van der Waals surface area (Å²) in [6, 6.07) is 4.46. The lowest BCUT2D eigenvalue weighted by Crippen LogP contribution is -2.45. The maximum Gasteiger partial charge on any atom is 0.213 e. The summed E-state index contributed by atoms with van der Waals surface area (Å²) in [6.45, 7) is 13.6. The third kappa shape index (κ3) is 10.4. The molecular formula is C20H38N2O2. The quantitative estimate of drug-likeness (QED) is 0.808. The van der Waals surface area contributed by atoms with Crippen molar-refractivity contribution >= 4 is 5.78 Å². The predicted molar refractivity (Wildman–Crippen MR) is 104 cm³/mol. The van der Waals surface area contributed by atoms with Crippen LogP contribution in [0, 0.1) is 0 Å². The van der Waals surface area contributed by atoms with Crippen LogP contribution in [0.1, 0.15) is 73.3 Å². The van der Waals surface area contributed by atoms with Crippen molar-refractivity contribution in [3.8, 4) is 5.88 Å². The van der Waals surface area contributed by atoms with Crippen molar-refractivity contribution in [2.24, 2.45) is 0 Å². The molecule has 1 aliphatic rings. The molecule has 0 aromatic carbocycles. The van der Waals surface area contributed by atoms with Crippen molar-refractivity contribution < 1.29 is 9.53 Å². The van der Waals surface area contributed by atoms with E-state index >= 15 is 0 Å². The number of aryl methyl sites for hydroxylation is 1. The lowest BCUT2D eigenvalue weighted by atomic mass is 9.89. The van der Waals surface area contributed by atoms with Crippen molar-refractivity contribution in [3.05, 3.63) is 23.9 Å². The Bertz CT molecular complexity index is 416. The predicted octanol–water partition coefficient (Wildman–Crippen LogP) is 4.81. The highest BCUT2D eigenvalue weighted by Gasteiger charge is 2.29. The first-order chi connectivity index (χ1) is 11.7. The topological polar surface area (TPSA) is 51.2 Å². The third-order valence-corrected chi connectivity index (χ3v) is 3.36. The average Bonchev–Trinajstić information content (AvgIpc) is 2.61. The van der Waals surface area contributed by atoms with Gasteiger partial charge in [-0.15, -0.1) is 0 Å². The van der Waals surface area contributed by atoms with Crippen molar-refractivity contribution in [1.82, 2.24) is 10.3 Å². The number of carbonyl (C=O) groups is 1. The van der Waals surface area contributed by atoms with E-state index in [4.69, 9.17) is 4.74 Å². The normalized spacial score (nSPS) is 17.5. The second kappa shape index (κ2) is 16.4. The number of Topliss-reactive ketones (excluding diaryl/α,β-unsaturated/α-hetero) is 1. The Kier molecular flexibility index (Phi) is 17.0. The highest BCUT2D eigenvalue weighted by atomic mass is 16.5. The van der Waals surface area contributed by atoms with Gasteiger partial charge in [-0.2, -0.15) is 0 Å². The number of hydrogen-bond donors (Lipinski definition) is 1. The summed E-state index contributed by atoms with van der Waals surface area (Å²) in [5, 5.41) is 3.22. The van der Waals surface area contributed by atoms with Gasteiger partial charge in [0.15, 0.2) is 0 Å². The van der Waals surface area contributed by atoms with Gasteiger partial charge in [-0.25, -0.2) is 4.98 Å². The highest BCUT2D eigenvalue weighted by molar-refractivity contribution is 5.75. The first-order valence-corrected chi connectivity index (χ1v) is 9.45. The molecule has 2 rings (SSSR count). The van der Waals surface area contributed by atoms with Gasteiger partial charge in [-0.1, -0.05) is 41.5 Å². The van der Waals surface area contributed by atoms with E-state index in [0.717, 1.165) is 24.8 Å². The second-order valence-electron chi connectivity index (χ2n) is 4.90. The molecule has 0 saturated heterocycles. The van der Waals surface area contributed by atoms with Gasteiger partial charge in [0, 0.05) is 24.7 Å². The summed E-state index contributed by atoms with van der Waals surface area (Å²) in [5.41, 5.74) is 1.11. The van der Waals surface area contributed by atoms with Crippen LogP contribution in [0.2, 0.25) is 0 Å². The molecule has 1 aromatic rings. The molecule has 0 unspecified atom stereocenters. The molecule has 4 heteroatoms. The van der Waals surface area contributed by atoms with E-state index in [1.54, 1.807) is 13.1 Å². The minimum Gasteiger partial charge on any atom is -0.474 e. The fourth-order valence-corrected chi connectivity index (χ4v) is 2.06. The molecule has 1 aliphatic carbocycles. The highest BCUT2D eigenvalue weighted by Crippen LogP contribution is 2.25. The fourth-order valence-electron chi connectivity index (χ4n) is 2.06. The van der Waals surface area contributed by atoms with Crippen LogP contribution >= 0.6 is 0 Å². The van der Waals surface area contributed by atoms with Crippen LogP contribution in [0.3, 0.4) is 0 Å². The van der Waals surface area contributed by atoms with Crippen LogP contribution < -0.4 is 10.1 Å². The molecule has 140 valence electrons. The van der Waals surface area contributed by atoms with E-state index in [0.29, 0.717) is 18.3 Å². The molecule has 0 atom stereocenters. The zero-order valence-electron chi connectivity index (χ0n) is 17.0. The van der Waals surface area contributed by atoms with Crippen LogP contribution in [-0.2, 0) is 11.2 Å². The molecule has 0 amide bonds. The second-order valence-corrected chi connectivity index (χ2v) is 4.90. The summed E-state index contributed by atoms with van der Waals surface area (Å²) in [6.07, 6.45) is 5.44. The van der Waals surface area contributed by atoms with Crippen LogP contribution in [0.15, 0.2) is 18.3 Å². The Morgan fingerprint density at radius 2 is 1.79 bits per heavy atom. The van der Waals surface area contributed by atoms with Gasteiger partial charge < -0.3 is 14.8 Å². The number of ketones is 1. The van der Waals surface area contributed by atoms with Gasteiger partial charge in [0.2, 0.25) is 5.88 Å². The zero-order chi connectivity index (χ0) is 19.0. The summed E-state index contributed by atoms with van der Waals surface area (Å²) in [5.74, 6) is 0.890. The number of hydrogen-bond acceptors (Lipinski definition) is 4. The number of nitrogens with zero attached hydrogens (tertiary/aromatic N) is 1. The molecule has 1 aromatic heterocycles. The molecule has 1 saturated carbocycles. The molecule has 1 heterocycles. The standard InChI is InChI=1S/C14H20N2O2.3C2H6/c1-10(17)3-4-11-5-6-16-14(7-11)18-13-8-12(9-13)15-2;3*1-2/h5-7,12-13,15H,3-4,8-9H2,1-2H3;3*1-2H3. The molecule has 0 radical (unpaired) electrons. The maximum atomic E-state index is 11.0. The van der Waals surface area contributed by atoms with E-state index < -0.39 is 0 Å². The molecule has 4 nitrogen and oxygen atoms in total. The number of ether oxygens (including phenoxy) is 1. The molecule has 1 fully saturated rings. The molecule has 0 spiro atoms. The number of rotatable bonds is 6. The van der Waals surface area contributed by atoms with Crippen LogP contribution in [0.25, 0.3) is 0 Å². The molecule has 0 aliphatic heterocycles. The third-order valence-electron chi connectivity index (χ3n) is 3.36. The SMILES string of the molecule is CC.CC.CC.CNC1CC(Oc2cc(CCC(C)=O)ccn2)C1. The summed E-state index contributed by atoms with van der Waals surface area (Å²) < 4.78 is 5.79. The van der Waals surface area contributed by atoms with E-state index in [1.807, 2.05) is 60.7 Å². The van der Waals surface area contributed by atoms with Crippen LogP contribution in [0.4, 0.5) is 0 Å². The Labute approximate surface area is 149 Å². The van der Waals surface area contributed by atoms with Gasteiger partial charge in [-0.3, -0.25) is 0 Å². The van der Waals surface area contributed by atoms with Crippen molar-refractivity contribution in [1.29, 1.82) is 0 Å². The zero-order valence-corrected chi connectivity index (χ0v) is 17.0. The van der Waals surface area contributed by atoms with Gasteiger partial charge in [0.05, 0.1) is 0 Å². The Hall–Kier alpha value is -1.42. The minimum absolute atomic E-state index is 0.213. The van der Waals surface area contributed by atoms with E-state index in [-0.39, 0.29) is 11.9 Å². The molecular weight excluding hydrogens is 300 g/mol. The lowest BCUT2D eigenvalue weighted by Gasteiger charge is -2.34. The van der Waals surface area contributed by atoms with Gasteiger partial charge in [0.25, 0.3) is 0 Å². The maximum absolute atomic E-state index is 11.0. The van der Waals surface area contributed by atoms with Gasteiger partial charge in [0.1, 0.15) is 11.9 Å². The fraction of sp³-hybridized carbons (Fsp3) is 0.700. The van der Waals surface area contributed by atoms with Crippen molar-refractivity contribution in [2.75, 3.05) is 7.05 Å². The summed E-state index contributed by atoms with van der Waals surface area (Å²) in [7, 11) is 1.97. The van der Waals surface area contributed by atoms with Gasteiger partial charge >= 0.3 is 0 Å². The van der Waals surface area contributed by atoms with Crippen molar-refractivity contribution in [3.63, 3.8) is 0 Å². The number of aromatic nitrogens is 1. The van der Waals surface area contributed by atoms with E-state index in [1.165, 1.54) is 0 Å². The van der Waals surface area contributed by atoms with Crippen LogP contribution in [-0.4, -0.2) is 30.0 Å². The van der Waals surface area contributed by atoms with Crippen LogP contribution in [0.5, 0.6) is 5.88 Å². The summed E-state index contributed by atoms with van der Waals surface area (Å²) >= 11 is 0. The first-order valence-electron chi connectivity index (χ1n) is 9.45. The number of carbonyl (C=O) groups excluding carboxylic acids is 1. The minimum atomic E-state index is 0.213. The first kappa shape index (κ1) is 24.8. The Balaban J connectivity index is 0. The molecule has 0 bridgehead atoms. The van der Waals surface area contributed by atoms with Gasteiger partial charge in [-0.05, 0) is 44.9 Å². The van der Waals surface area contributed by atoms with E-state index in [2.05, 4.69) is 10.3 Å². The molecule has 24 heavy (non-hydrogen) atoms.